The number of aryl methyl sites for hydroxylation is 1. The van der Waals surface area contributed by atoms with Crippen molar-refractivity contribution in [1.82, 2.24) is 4.98 Å². The second kappa shape index (κ2) is 5.36. The molecular formula is C13H20BrN3. The van der Waals surface area contributed by atoms with E-state index in [0.717, 1.165) is 29.1 Å². The molecule has 0 aromatic carbocycles. The Morgan fingerprint density at radius 1 is 1.41 bits per heavy atom. The number of nitrogens with two attached hydrogens (primary N) is 1. The summed E-state index contributed by atoms with van der Waals surface area (Å²) in [5, 5.41) is 0. The standard InChI is InChI=1S/C13H20BrN3/c1-9(15)11-5-7-17(8-6-11)13-4-3-12(14)10(2)16-13/h3-4,9,11H,5-8,15H2,1-2H3. The molecule has 1 aromatic rings. The van der Waals surface area contributed by atoms with Gasteiger partial charge in [0, 0.05) is 23.6 Å². The van der Waals surface area contributed by atoms with Crippen molar-refractivity contribution in [1.29, 1.82) is 0 Å². The number of piperidine rings is 1. The van der Waals surface area contributed by atoms with Crippen LogP contribution < -0.4 is 10.6 Å². The molecular weight excluding hydrogens is 278 g/mol. The number of hydrogen-bond acceptors (Lipinski definition) is 3. The summed E-state index contributed by atoms with van der Waals surface area (Å²) in [7, 11) is 0. The maximum atomic E-state index is 5.95. The average Bonchev–Trinajstić information content (AvgIpc) is 2.33. The fraction of sp³-hybridized carbons (Fsp3) is 0.615. The van der Waals surface area contributed by atoms with Crippen molar-refractivity contribution < 1.29 is 0 Å². The monoisotopic (exact) mass is 297 g/mol. The Balaban J connectivity index is 2.03. The summed E-state index contributed by atoms with van der Waals surface area (Å²) in [4.78, 5) is 6.97. The number of pyridine rings is 1. The molecule has 0 aliphatic carbocycles. The predicted molar refractivity (Wildman–Crippen MR) is 75.3 cm³/mol. The molecule has 17 heavy (non-hydrogen) atoms. The van der Waals surface area contributed by atoms with Gasteiger partial charge in [0.1, 0.15) is 5.82 Å². The molecule has 1 aliphatic heterocycles. The van der Waals surface area contributed by atoms with Gasteiger partial charge in [-0.05, 0) is 60.7 Å². The highest BCUT2D eigenvalue weighted by atomic mass is 79.9. The molecule has 2 N–H and O–H groups in total. The van der Waals surface area contributed by atoms with E-state index in [1.165, 1.54) is 12.8 Å². The molecule has 1 atom stereocenters. The van der Waals surface area contributed by atoms with Gasteiger partial charge in [-0.15, -0.1) is 0 Å². The van der Waals surface area contributed by atoms with E-state index >= 15 is 0 Å². The highest BCUT2D eigenvalue weighted by Gasteiger charge is 2.22. The van der Waals surface area contributed by atoms with E-state index in [4.69, 9.17) is 5.73 Å². The van der Waals surface area contributed by atoms with Gasteiger partial charge in [0.25, 0.3) is 0 Å². The minimum absolute atomic E-state index is 0.316. The number of rotatable bonds is 2. The molecule has 4 heteroatoms. The minimum atomic E-state index is 0.316. The first-order chi connectivity index (χ1) is 8.08. The third-order valence-corrected chi connectivity index (χ3v) is 4.45. The quantitative estimate of drug-likeness (QED) is 0.913. The first kappa shape index (κ1) is 12.8. The fourth-order valence-corrected chi connectivity index (χ4v) is 2.58. The molecule has 0 saturated carbocycles. The molecule has 1 unspecified atom stereocenters. The second-order valence-electron chi connectivity index (χ2n) is 4.92. The van der Waals surface area contributed by atoms with E-state index in [2.05, 4.69) is 44.9 Å². The van der Waals surface area contributed by atoms with Gasteiger partial charge in [0.05, 0.1) is 5.69 Å². The molecule has 0 amide bonds. The number of nitrogens with zero attached hydrogens (tertiary/aromatic N) is 2. The van der Waals surface area contributed by atoms with Gasteiger partial charge in [0.2, 0.25) is 0 Å². The molecule has 3 nitrogen and oxygen atoms in total. The largest absolute Gasteiger partial charge is 0.357 e. The van der Waals surface area contributed by atoms with Crippen LogP contribution in [0, 0.1) is 12.8 Å². The van der Waals surface area contributed by atoms with E-state index in [0.29, 0.717) is 12.0 Å². The number of hydrogen-bond donors (Lipinski definition) is 1. The summed E-state index contributed by atoms with van der Waals surface area (Å²) >= 11 is 3.48. The maximum absolute atomic E-state index is 5.95. The van der Waals surface area contributed by atoms with Crippen molar-refractivity contribution in [3.05, 3.63) is 22.3 Å². The first-order valence-corrected chi connectivity index (χ1v) is 7.01. The number of aromatic nitrogens is 1. The lowest BCUT2D eigenvalue weighted by molar-refractivity contribution is 0.353. The highest BCUT2D eigenvalue weighted by molar-refractivity contribution is 9.10. The van der Waals surface area contributed by atoms with Gasteiger partial charge in [-0.1, -0.05) is 0 Å². The molecule has 0 bridgehead atoms. The predicted octanol–water partition coefficient (Wildman–Crippen LogP) is 2.72. The van der Waals surface area contributed by atoms with Crippen LogP contribution in [-0.4, -0.2) is 24.1 Å². The average molecular weight is 298 g/mol. The van der Waals surface area contributed by atoms with Gasteiger partial charge < -0.3 is 10.6 Å². The molecule has 0 spiro atoms. The van der Waals surface area contributed by atoms with Crippen LogP contribution >= 0.6 is 15.9 Å². The van der Waals surface area contributed by atoms with Crippen molar-refractivity contribution in [3.8, 4) is 0 Å². The lowest BCUT2D eigenvalue weighted by atomic mass is 9.91. The summed E-state index contributed by atoms with van der Waals surface area (Å²) in [6.45, 7) is 6.28. The molecule has 1 saturated heterocycles. The van der Waals surface area contributed by atoms with Crippen LogP contribution in [0.4, 0.5) is 5.82 Å². The Morgan fingerprint density at radius 2 is 2.06 bits per heavy atom. The van der Waals surface area contributed by atoms with Crippen molar-refractivity contribution in [2.24, 2.45) is 11.7 Å². The molecule has 94 valence electrons. The van der Waals surface area contributed by atoms with Crippen LogP contribution in [0.3, 0.4) is 0 Å². The minimum Gasteiger partial charge on any atom is -0.357 e. The van der Waals surface area contributed by atoms with Crippen LogP contribution in [0.2, 0.25) is 0 Å². The summed E-state index contributed by atoms with van der Waals surface area (Å²) in [5.41, 5.74) is 7.01. The van der Waals surface area contributed by atoms with E-state index in [1.54, 1.807) is 0 Å². The smallest absolute Gasteiger partial charge is 0.128 e. The van der Waals surface area contributed by atoms with Crippen LogP contribution in [0.15, 0.2) is 16.6 Å². The molecule has 1 aliphatic rings. The summed E-state index contributed by atoms with van der Waals surface area (Å²) in [6.07, 6.45) is 2.35. The van der Waals surface area contributed by atoms with Crippen molar-refractivity contribution in [2.45, 2.75) is 32.7 Å². The maximum Gasteiger partial charge on any atom is 0.128 e. The Kier molecular flexibility index (Phi) is 4.05. The van der Waals surface area contributed by atoms with Gasteiger partial charge in [-0.2, -0.15) is 0 Å². The van der Waals surface area contributed by atoms with Gasteiger partial charge in [-0.3, -0.25) is 0 Å². The zero-order valence-electron chi connectivity index (χ0n) is 10.5. The Bertz CT molecular complexity index is 384. The SMILES string of the molecule is Cc1nc(N2CCC(C(C)N)CC2)ccc1Br. The van der Waals surface area contributed by atoms with E-state index in [1.807, 2.05) is 6.92 Å². The van der Waals surface area contributed by atoms with Crippen molar-refractivity contribution in [3.63, 3.8) is 0 Å². The molecule has 2 rings (SSSR count). The highest BCUT2D eigenvalue weighted by Crippen LogP contribution is 2.25. The number of halogens is 1. The Morgan fingerprint density at radius 3 is 2.59 bits per heavy atom. The molecule has 0 radical (unpaired) electrons. The Hall–Kier alpha value is -0.610. The zero-order valence-corrected chi connectivity index (χ0v) is 12.1. The van der Waals surface area contributed by atoms with E-state index in [-0.39, 0.29) is 0 Å². The number of anilines is 1. The van der Waals surface area contributed by atoms with Crippen LogP contribution in [0.5, 0.6) is 0 Å². The summed E-state index contributed by atoms with van der Waals surface area (Å²) in [6, 6.07) is 4.48. The van der Waals surface area contributed by atoms with Crippen LogP contribution in [0.25, 0.3) is 0 Å². The lowest BCUT2D eigenvalue weighted by Crippen LogP contribution is -2.40. The fourth-order valence-electron chi connectivity index (χ4n) is 2.36. The second-order valence-corrected chi connectivity index (χ2v) is 5.77. The first-order valence-electron chi connectivity index (χ1n) is 6.21. The topological polar surface area (TPSA) is 42.2 Å². The molecule has 2 heterocycles. The van der Waals surface area contributed by atoms with Crippen LogP contribution in [0.1, 0.15) is 25.5 Å². The molecule has 1 fully saturated rings. The third kappa shape index (κ3) is 2.99. The van der Waals surface area contributed by atoms with Gasteiger partial charge in [-0.25, -0.2) is 4.98 Å². The van der Waals surface area contributed by atoms with E-state index in [9.17, 15) is 0 Å². The van der Waals surface area contributed by atoms with E-state index < -0.39 is 0 Å². The summed E-state index contributed by atoms with van der Waals surface area (Å²) < 4.78 is 1.08. The van der Waals surface area contributed by atoms with Crippen molar-refractivity contribution in [2.75, 3.05) is 18.0 Å². The van der Waals surface area contributed by atoms with Gasteiger partial charge in [0.15, 0.2) is 0 Å². The normalized spacial score (nSPS) is 19.4. The van der Waals surface area contributed by atoms with Crippen molar-refractivity contribution >= 4 is 21.7 Å². The summed E-state index contributed by atoms with van der Waals surface area (Å²) in [5.74, 6) is 1.76. The third-order valence-electron chi connectivity index (χ3n) is 3.61. The van der Waals surface area contributed by atoms with Crippen LogP contribution in [-0.2, 0) is 0 Å². The Labute approximate surface area is 112 Å². The molecule has 1 aromatic heterocycles. The lowest BCUT2D eigenvalue weighted by Gasteiger charge is -2.34. The van der Waals surface area contributed by atoms with Gasteiger partial charge >= 0.3 is 0 Å². The zero-order chi connectivity index (χ0) is 12.4.